The number of hydrogen-bond acceptors (Lipinski definition) is 4. The van der Waals surface area contributed by atoms with Crippen LogP contribution in [0.15, 0.2) is 18.2 Å². The van der Waals surface area contributed by atoms with Crippen molar-refractivity contribution in [1.82, 2.24) is 4.90 Å². The highest BCUT2D eigenvalue weighted by Crippen LogP contribution is 2.24. The van der Waals surface area contributed by atoms with Gasteiger partial charge in [0.15, 0.2) is 0 Å². The predicted octanol–water partition coefficient (Wildman–Crippen LogP) is 4.44. The van der Waals surface area contributed by atoms with Gasteiger partial charge < -0.3 is 9.47 Å². The van der Waals surface area contributed by atoms with E-state index in [9.17, 15) is 9.59 Å². The van der Waals surface area contributed by atoms with E-state index < -0.39 is 23.7 Å². The molecule has 1 fully saturated rings. The van der Waals surface area contributed by atoms with Crippen LogP contribution in [0.4, 0.5) is 4.79 Å². The van der Waals surface area contributed by atoms with Gasteiger partial charge in [-0.2, -0.15) is 0 Å². The first-order chi connectivity index (χ1) is 11.2. The SMILES string of the molecule is CC(C)(C)OC(=O)N1CCC[C@H]1C(=O)OCc1ccc(Cl)cc1Cl. The molecular formula is C17H21Cl2NO4. The van der Waals surface area contributed by atoms with Crippen LogP contribution in [0.3, 0.4) is 0 Å². The van der Waals surface area contributed by atoms with Gasteiger partial charge in [0, 0.05) is 22.2 Å². The van der Waals surface area contributed by atoms with Gasteiger partial charge in [0.1, 0.15) is 18.2 Å². The number of carbonyl (C=O) groups is 2. The molecule has 1 heterocycles. The minimum Gasteiger partial charge on any atom is -0.459 e. The van der Waals surface area contributed by atoms with Crippen molar-refractivity contribution in [3.8, 4) is 0 Å². The maximum Gasteiger partial charge on any atom is 0.411 e. The van der Waals surface area contributed by atoms with Crippen LogP contribution in [0.25, 0.3) is 0 Å². The summed E-state index contributed by atoms with van der Waals surface area (Å²) in [6.07, 6.45) is 0.805. The Balaban J connectivity index is 1.96. The molecule has 1 aromatic rings. The number of ether oxygens (including phenoxy) is 2. The van der Waals surface area contributed by atoms with Crippen molar-refractivity contribution in [3.63, 3.8) is 0 Å². The van der Waals surface area contributed by atoms with Crippen LogP contribution >= 0.6 is 23.2 Å². The van der Waals surface area contributed by atoms with Gasteiger partial charge in [0.2, 0.25) is 0 Å². The van der Waals surface area contributed by atoms with E-state index in [2.05, 4.69) is 0 Å². The lowest BCUT2D eigenvalue weighted by Gasteiger charge is -2.27. The Labute approximate surface area is 151 Å². The van der Waals surface area contributed by atoms with E-state index in [1.165, 1.54) is 4.90 Å². The average Bonchev–Trinajstić information content (AvgIpc) is 2.93. The highest BCUT2D eigenvalue weighted by molar-refractivity contribution is 6.35. The Morgan fingerprint density at radius 1 is 1.29 bits per heavy atom. The molecule has 0 unspecified atom stereocenters. The van der Waals surface area contributed by atoms with Crippen LogP contribution in [0.1, 0.15) is 39.2 Å². The molecule has 0 aliphatic carbocycles. The molecule has 2 rings (SSSR count). The van der Waals surface area contributed by atoms with E-state index in [1.54, 1.807) is 39.0 Å². The van der Waals surface area contributed by atoms with Crippen molar-refractivity contribution in [1.29, 1.82) is 0 Å². The molecule has 0 radical (unpaired) electrons. The molecule has 0 N–H and O–H groups in total. The second-order valence-corrected chi connectivity index (χ2v) is 7.52. The van der Waals surface area contributed by atoms with Gasteiger partial charge in [0.05, 0.1) is 0 Å². The maximum absolute atomic E-state index is 12.3. The summed E-state index contributed by atoms with van der Waals surface area (Å²) in [5.74, 6) is -0.454. The van der Waals surface area contributed by atoms with Crippen molar-refractivity contribution >= 4 is 35.3 Å². The van der Waals surface area contributed by atoms with E-state index >= 15 is 0 Å². The summed E-state index contributed by atoms with van der Waals surface area (Å²) in [4.78, 5) is 26.0. The topological polar surface area (TPSA) is 55.8 Å². The molecule has 1 aromatic carbocycles. The van der Waals surface area contributed by atoms with Gasteiger partial charge in [0.25, 0.3) is 0 Å². The maximum atomic E-state index is 12.3. The Morgan fingerprint density at radius 3 is 2.62 bits per heavy atom. The number of amides is 1. The number of hydrogen-bond donors (Lipinski definition) is 0. The van der Waals surface area contributed by atoms with Crippen LogP contribution in [0, 0.1) is 0 Å². The number of benzene rings is 1. The van der Waals surface area contributed by atoms with Gasteiger partial charge in [-0.25, -0.2) is 9.59 Å². The molecular weight excluding hydrogens is 353 g/mol. The lowest BCUT2D eigenvalue weighted by molar-refractivity contribution is -0.150. The molecule has 1 aliphatic rings. The highest BCUT2D eigenvalue weighted by atomic mass is 35.5. The number of nitrogens with zero attached hydrogens (tertiary/aromatic N) is 1. The Bertz CT molecular complexity index is 628. The smallest absolute Gasteiger partial charge is 0.411 e. The Morgan fingerprint density at radius 2 is 2.00 bits per heavy atom. The molecule has 132 valence electrons. The second-order valence-electron chi connectivity index (χ2n) is 6.68. The summed E-state index contributed by atoms with van der Waals surface area (Å²) < 4.78 is 10.7. The molecule has 1 amide bonds. The van der Waals surface area contributed by atoms with E-state index in [-0.39, 0.29) is 6.61 Å². The molecule has 7 heteroatoms. The molecule has 0 spiro atoms. The summed E-state index contributed by atoms with van der Waals surface area (Å²) >= 11 is 11.9. The van der Waals surface area contributed by atoms with Gasteiger partial charge in [-0.05, 0) is 45.7 Å². The van der Waals surface area contributed by atoms with E-state index in [0.29, 0.717) is 28.6 Å². The third-order valence-electron chi connectivity index (χ3n) is 3.54. The number of rotatable bonds is 3. The highest BCUT2D eigenvalue weighted by Gasteiger charge is 2.37. The van der Waals surface area contributed by atoms with Crippen molar-refractivity contribution in [2.45, 2.75) is 51.9 Å². The third kappa shape index (κ3) is 5.02. The third-order valence-corrected chi connectivity index (χ3v) is 4.12. The first-order valence-corrected chi connectivity index (χ1v) is 8.53. The number of halogens is 2. The van der Waals surface area contributed by atoms with Crippen LogP contribution in [0.5, 0.6) is 0 Å². The lowest BCUT2D eigenvalue weighted by Crippen LogP contribution is -2.44. The van der Waals surface area contributed by atoms with Crippen molar-refractivity contribution in [2.24, 2.45) is 0 Å². The molecule has 0 aromatic heterocycles. The van der Waals surface area contributed by atoms with Crippen molar-refractivity contribution in [3.05, 3.63) is 33.8 Å². The zero-order valence-electron chi connectivity index (χ0n) is 14.0. The van der Waals surface area contributed by atoms with Crippen LogP contribution < -0.4 is 0 Å². The van der Waals surface area contributed by atoms with E-state index in [0.717, 1.165) is 6.42 Å². The van der Waals surface area contributed by atoms with Crippen molar-refractivity contribution in [2.75, 3.05) is 6.54 Å². The van der Waals surface area contributed by atoms with Crippen LogP contribution in [-0.4, -0.2) is 35.2 Å². The van der Waals surface area contributed by atoms with E-state index in [1.807, 2.05) is 0 Å². The Kier molecular flexibility index (Phi) is 5.99. The molecule has 24 heavy (non-hydrogen) atoms. The second kappa shape index (κ2) is 7.62. The normalized spacial score (nSPS) is 17.7. The van der Waals surface area contributed by atoms with E-state index in [4.69, 9.17) is 32.7 Å². The monoisotopic (exact) mass is 373 g/mol. The van der Waals surface area contributed by atoms with Crippen LogP contribution in [-0.2, 0) is 20.9 Å². The first kappa shape index (κ1) is 18.9. The fourth-order valence-electron chi connectivity index (χ4n) is 2.43. The number of carbonyl (C=O) groups excluding carboxylic acids is 2. The summed E-state index contributed by atoms with van der Waals surface area (Å²) in [6, 6.07) is 4.36. The standard InChI is InChI=1S/C17H21Cl2NO4/c1-17(2,3)24-16(22)20-8-4-5-14(20)15(21)23-10-11-6-7-12(18)9-13(11)19/h6-7,9,14H,4-5,8,10H2,1-3H3/t14-/m0/s1. The minimum atomic E-state index is -0.620. The summed E-state index contributed by atoms with van der Waals surface area (Å²) in [6.45, 7) is 5.88. The fourth-order valence-corrected chi connectivity index (χ4v) is 2.90. The molecule has 1 atom stereocenters. The molecule has 0 saturated carbocycles. The van der Waals surface area contributed by atoms with Gasteiger partial charge in [-0.1, -0.05) is 29.3 Å². The number of likely N-dealkylation sites (tertiary alicyclic amines) is 1. The van der Waals surface area contributed by atoms with Gasteiger partial charge in [-0.15, -0.1) is 0 Å². The molecule has 0 bridgehead atoms. The fraction of sp³-hybridized carbons (Fsp3) is 0.529. The average molecular weight is 374 g/mol. The molecule has 1 saturated heterocycles. The van der Waals surface area contributed by atoms with Crippen LogP contribution in [0.2, 0.25) is 10.0 Å². The van der Waals surface area contributed by atoms with Gasteiger partial charge >= 0.3 is 12.1 Å². The summed E-state index contributed by atoms with van der Waals surface area (Å²) in [5.41, 5.74) is 0.0570. The van der Waals surface area contributed by atoms with Gasteiger partial charge in [-0.3, -0.25) is 4.90 Å². The quantitative estimate of drug-likeness (QED) is 0.735. The zero-order chi connectivity index (χ0) is 17.9. The predicted molar refractivity (Wildman–Crippen MR) is 92.2 cm³/mol. The molecule has 5 nitrogen and oxygen atoms in total. The summed E-state index contributed by atoms with van der Waals surface area (Å²) in [5, 5.41) is 0.952. The molecule has 1 aliphatic heterocycles. The minimum absolute atomic E-state index is 0.0352. The Hall–Kier alpha value is -1.46. The first-order valence-electron chi connectivity index (χ1n) is 7.77. The summed E-state index contributed by atoms with van der Waals surface area (Å²) in [7, 11) is 0. The zero-order valence-corrected chi connectivity index (χ0v) is 15.5. The van der Waals surface area contributed by atoms with Crippen molar-refractivity contribution < 1.29 is 19.1 Å². The largest absolute Gasteiger partial charge is 0.459 e. The number of esters is 1. The lowest BCUT2D eigenvalue weighted by atomic mass is 10.2.